The molecular weight excluding hydrogens is 342 g/mol. The number of esters is 1. The number of fused-ring (bicyclic) bond motifs is 1. The second kappa shape index (κ2) is 6.92. The van der Waals surface area contributed by atoms with Gasteiger partial charge in [-0.2, -0.15) is 0 Å². The second-order valence-corrected chi connectivity index (χ2v) is 5.94. The average molecular weight is 359 g/mol. The van der Waals surface area contributed by atoms with Crippen molar-refractivity contribution < 1.29 is 14.3 Å². The monoisotopic (exact) mass is 359 g/mol. The Hall–Kier alpha value is -3.67. The van der Waals surface area contributed by atoms with Crippen molar-refractivity contribution >= 4 is 17.1 Å². The molecule has 0 aliphatic rings. The number of methoxy groups -OCH3 is 2. The van der Waals surface area contributed by atoms with E-state index in [1.54, 1.807) is 25.4 Å². The molecule has 0 saturated heterocycles. The SMILES string of the molecule is COC(=O)c1ccc(-c2nc3nccc(-c4cccc(OC)c4)c3[nH]2)cc1. The van der Waals surface area contributed by atoms with Gasteiger partial charge in [-0.3, -0.25) is 0 Å². The van der Waals surface area contributed by atoms with Gasteiger partial charge in [0.2, 0.25) is 0 Å². The Morgan fingerprint density at radius 3 is 2.56 bits per heavy atom. The van der Waals surface area contributed by atoms with Gasteiger partial charge in [-0.15, -0.1) is 0 Å². The van der Waals surface area contributed by atoms with Crippen molar-refractivity contribution in [1.29, 1.82) is 0 Å². The average Bonchev–Trinajstić information content (AvgIpc) is 3.17. The van der Waals surface area contributed by atoms with Gasteiger partial charge in [0.15, 0.2) is 5.65 Å². The van der Waals surface area contributed by atoms with E-state index in [1.807, 2.05) is 42.5 Å². The van der Waals surface area contributed by atoms with Crippen LogP contribution in [0.1, 0.15) is 10.4 Å². The molecule has 0 atom stereocenters. The molecule has 2 aromatic heterocycles. The van der Waals surface area contributed by atoms with E-state index < -0.39 is 0 Å². The lowest BCUT2D eigenvalue weighted by molar-refractivity contribution is 0.0601. The molecule has 27 heavy (non-hydrogen) atoms. The third-order valence-electron chi connectivity index (χ3n) is 4.35. The molecule has 1 N–H and O–H groups in total. The lowest BCUT2D eigenvalue weighted by Gasteiger charge is -2.05. The number of hydrogen-bond donors (Lipinski definition) is 1. The lowest BCUT2D eigenvalue weighted by Crippen LogP contribution is -2.00. The zero-order valence-corrected chi connectivity index (χ0v) is 14.9. The number of nitrogens with zero attached hydrogens (tertiary/aromatic N) is 2. The van der Waals surface area contributed by atoms with Crippen LogP contribution in [0, 0.1) is 0 Å². The fourth-order valence-electron chi connectivity index (χ4n) is 2.96. The lowest BCUT2D eigenvalue weighted by atomic mass is 10.1. The maximum atomic E-state index is 11.6. The van der Waals surface area contributed by atoms with Gasteiger partial charge in [0.1, 0.15) is 11.6 Å². The third kappa shape index (κ3) is 3.13. The van der Waals surface area contributed by atoms with Gasteiger partial charge in [0.05, 0.1) is 25.3 Å². The Balaban J connectivity index is 1.78. The zero-order valence-electron chi connectivity index (χ0n) is 14.9. The van der Waals surface area contributed by atoms with Crippen LogP contribution in [0.15, 0.2) is 60.8 Å². The number of imidazole rings is 1. The highest BCUT2D eigenvalue weighted by Gasteiger charge is 2.12. The molecule has 0 spiro atoms. The summed E-state index contributed by atoms with van der Waals surface area (Å²) in [5, 5.41) is 0. The molecule has 0 amide bonds. The van der Waals surface area contributed by atoms with Gasteiger partial charge < -0.3 is 14.5 Å². The van der Waals surface area contributed by atoms with Crippen molar-refractivity contribution in [2.45, 2.75) is 0 Å². The number of aromatic amines is 1. The maximum Gasteiger partial charge on any atom is 0.337 e. The van der Waals surface area contributed by atoms with Crippen LogP contribution in [0.3, 0.4) is 0 Å². The highest BCUT2D eigenvalue weighted by molar-refractivity contribution is 5.92. The van der Waals surface area contributed by atoms with Crippen LogP contribution in [0.5, 0.6) is 5.75 Å². The first-order chi connectivity index (χ1) is 13.2. The summed E-state index contributed by atoms with van der Waals surface area (Å²) in [4.78, 5) is 23.9. The first-order valence-corrected chi connectivity index (χ1v) is 8.37. The molecule has 0 unspecified atom stereocenters. The predicted octanol–water partition coefficient (Wildman–Crippen LogP) is 4.09. The Kier molecular flexibility index (Phi) is 4.30. The van der Waals surface area contributed by atoms with Gasteiger partial charge in [-0.05, 0) is 35.9 Å². The summed E-state index contributed by atoms with van der Waals surface area (Å²) >= 11 is 0. The van der Waals surface area contributed by atoms with E-state index in [0.29, 0.717) is 17.0 Å². The van der Waals surface area contributed by atoms with Crippen LogP contribution < -0.4 is 4.74 Å². The number of aromatic nitrogens is 3. The minimum atomic E-state index is -0.367. The summed E-state index contributed by atoms with van der Waals surface area (Å²) < 4.78 is 10.1. The highest BCUT2D eigenvalue weighted by atomic mass is 16.5. The smallest absolute Gasteiger partial charge is 0.337 e. The molecule has 134 valence electrons. The van der Waals surface area contributed by atoms with Crippen LogP contribution in [0.25, 0.3) is 33.7 Å². The fourth-order valence-corrected chi connectivity index (χ4v) is 2.96. The Morgan fingerprint density at radius 2 is 1.81 bits per heavy atom. The first kappa shape index (κ1) is 16.8. The number of carbonyl (C=O) groups is 1. The van der Waals surface area contributed by atoms with E-state index in [0.717, 1.165) is 28.0 Å². The molecule has 0 aliphatic carbocycles. The predicted molar refractivity (Wildman–Crippen MR) is 103 cm³/mol. The summed E-state index contributed by atoms with van der Waals surface area (Å²) in [5.74, 6) is 1.10. The van der Waals surface area contributed by atoms with Gasteiger partial charge in [0, 0.05) is 17.3 Å². The van der Waals surface area contributed by atoms with E-state index in [1.165, 1.54) is 7.11 Å². The van der Waals surface area contributed by atoms with E-state index in [-0.39, 0.29) is 5.97 Å². The van der Waals surface area contributed by atoms with Gasteiger partial charge >= 0.3 is 5.97 Å². The molecule has 0 aliphatic heterocycles. The normalized spacial score (nSPS) is 10.7. The van der Waals surface area contributed by atoms with Crippen LogP contribution in [-0.2, 0) is 4.74 Å². The second-order valence-electron chi connectivity index (χ2n) is 5.94. The molecule has 4 aromatic rings. The van der Waals surface area contributed by atoms with Crippen LogP contribution in [-0.4, -0.2) is 35.1 Å². The molecule has 0 fully saturated rings. The molecule has 6 heteroatoms. The Bertz CT molecular complexity index is 1120. The summed E-state index contributed by atoms with van der Waals surface area (Å²) in [6, 6.07) is 16.9. The Labute approximate surface area is 155 Å². The van der Waals surface area contributed by atoms with Crippen LogP contribution in [0.2, 0.25) is 0 Å². The number of rotatable bonds is 4. The molecule has 0 bridgehead atoms. The van der Waals surface area contributed by atoms with Crippen molar-refractivity contribution in [1.82, 2.24) is 15.0 Å². The number of pyridine rings is 1. The summed E-state index contributed by atoms with van der Waals surface area (Å²) in [6.45, 7) is 0. The highest BCUT2D eigenvalue weighted by Crippen LogP contribution is 2.30. The molecule has 4 rings (SSSR count). The molecule has 6 nitrogen and oxygen atoms in total. The number of benzene rings is 2. The van der Waals surface area contributed by atoms with Gasteiger partial charge in [0.25, 0.3) is 0 Å². The molecular formula is C21H17N3O3. The Morgan fingerprint density at radius 1 is 1.00 bits per heavy atom. The van der Waals surface area contributed by atoms with Crippen molar-refractivity contribution in [3.63, 3.8) is 0 Å². The third-order valence-corrected chi connectivity index (χ3v) is 4.35. The number of ether oxygens (including phenoxy) is 2. The topological polar surface area (TPSA) is 77.1 Å². The van der Waals surface area contributed by atoms with Crippen molar-refractivity contribution in [2.24, 2.45) is 0 Å². The number of carbonyl (C=O) groups excluding carboxylic acids is 1. The fraction of sp³-hybridized carbons (Fsp3) is 0.0952. The standard InChI is InChI=1S/C21H17N3O3/c1-26-16-5-3-4-15(12-16)17-10-11-22-20-18(17)23-19(24-20)13-6-8-14(9-7-13)21(25)27-2/h3-12H,1-2H3,(H,22,23,24). The summed E-state index contributed by atoms with van der Waals surface area (Å²) in [6.07, 6.45) is 1.74. The number of nitrogens with one attached hydrogen (secondary N) is 1. The number of hydrogen-bond acceptors (Lipinski definition) is 5. The van der Waals surface area contributed by atoms with Crippen molar-refractivity contribution in [3.8, 4) is 28.3 Å². The first-order valence-electron chi connectivity index (χ1n) is 8.37. The molecule has 0 radical (unpaired) electrons. The van der Waals surface area contributed by atoms with Crippen LogP contribution in [0.4, 0.5) is 0 Å². The van der Waals surface area contributed by atoms with Gasteiger partial charge in [-0.25, -0.2) is 14.8 Å². The van der Waals surface area contributed by atoms with Crippen molar-refractivity contribution in [2.75, 3.05) is 14.2 Å². The molecule has 2 heterocycles. The summed E-state index contributed by atoms with van der Waals surface area (Å²) in [5.41, 5.74) is 4.83. The van der Waals surface area contributed by atoms with Crippen molar-refractivity contribution in [3.05, 3.63) is 66.4 Å². The quantitative estimate of drug-likeness (QED) is 0.556. The number of H-pyrrole nitrogens is 1. The van der Waals surface area contributed by atoms with Crippen LogP contribution >= 0.6 is 0 Å². The zero-order chi connectivity index (χ0) is 18.8. The molecule has 0 saturated carbocycles. The van der Waals surface area contributed by atoms with E-state index >= 15 is 0 Å². The minimum absolute atomic E-state index is 0.367. The van der Waals surface area contributed by atoms with E-state index in [4.69, 9.17) is 9.47 Å². The maximum absolute atomic E-state index is 11.6. The van der Waals surface area contributed by atoms with Gasteiger partial charge in [-0.1, -0.05) is 24.3 Å². The van der Waals surface area contributed by atoms with E-state index in [9.17, 15) is 4.79 Å². The van der Waals surface area contributed by atoms with E-state index in [2.05, 4.69) is 15.0 Å². The largest absolute Gasteiger partial charge is 0.497 e. The summed E-state index contributed by atoms with van der Waals surface area (Å²) in [7, 11) is 3.01. The molecule has 2 aromatic carbocycles. The minimum Gasteiger partial charge on any atom is -0.497 e.